The van der Waals surface area contributed by atoms with E-state index in [0.29, 0.717) is 28.0 Å². The van der Waals surface area contributed by atoms with Gasteiger partial charge in [0.15, 0.2) is 0 Å². The Morgan fingerprint density at radius 3 is 2.65 bits per heavy atom. The van der Waals surface area contributed by atoms with Crippen LogP contribution in [0.3, 0.4) is 0 Å². The Kier molecular flexibility index (Phi) is 4.94. The van der Waals surface area contributed by atoms with Gasteiger partial charge in [-0.3, -0.25) is 20.4 Å². The van der Waals surface area contributed by atoms with Gasteiger partial charge in [0.25, 0.3) is 11.7 Å². The molecule has 2 amide bonds. The van der Waals surface area contributed by atoms with Crippen LogP contribution in [0.1, 0.15) is 33.1 Å². The molecule has 2 N–H and O–H groups in total. The standard InChI is InChI=1S/C16H18N6O3S/c1-8-12(9(2)22-15(17-8)18-16(21-22)26-4)7-13(23)19-20-14(24)11-5-6-25-10(11)3/h5-6H,7H2,1-4H3,(H,19,23)(H,20,24). The van der Waals surface area contributed by atoms with Crippen LogP contribution in [-0.4, -0.2) is 37.7 Å². The van der Waals surface area contributed by atoms with Gasteiger partial charge < -0.3 is 4.42 Å². The first kappa shape index (κ1) is 17.9. The number of aryl methyl sites for hydroxylation is 3. The lowest BCUT2D eigenvalue weighted by molar-refractivity contribution is -0.121. The van der Waals surface area contributed by atoms with E-state index in [-0.39, 0.29) is 12.3 Å². The van der Waals surface area contributed by atoms with E-state index in [1.165, 1.54) is 24.1 Å². The Morgan fingerprint density at radius 2 is 2.00 bits per heavy atom. The maximum atomic E-state index is 12.2. The summed E-state index contributed by atoms with van der Waals surface area (Å²) < 4.78 is 6.69. The molecule has 0 saturated carbocycles. The number of hydrazine groups is 1. The second-order valence-corrected chi connectivity index (χ2v) is 6.41. The van der Waals surface area contributed by atoms with Crippen molar-refractivity contribution >= 4 is 29.4 Å². The summed E-state index contributed by atoms with van der Waals surface area (Å²) in [6.45, 7) is 5.35. The average Bonchev–Trinajstić information content (AvgIpc) is 3.22. The summed E-state index contributed by atoms with van der Waals surface area (Å²) in [5.41, 5.74) is 7.37. The van der Waals surface area contributed by atoms with Crippen LogP contribution in [0.5, 0.6) is 0 Å². The molecule has 0 saturated heterocycles. The molecule has 0 aliphatic carbocycles. The van der Waals surface area contributed by atoms with Gasteiger partial charge >= 0.3 is 0 Å². The Balaban J connectivity index is 1.73. The number of carbonyl (C=O) groups is 2. The molecule has 136 valence electrons. The zero-order chi connectivity index (χ0) is 18.8. The van der Waals surface area contributed by atoms with Crippen molar-refractivity contribution in [2.45, 2.75) is 32.3 Å². The molecule has 3 aromatic rings. The highest BCUT2D eigenvalue weighted by molar-refractivity contribution is 7.98. The van der Waals surface area contributed by atoms with Crippen molar-refractivity contribution in [1.29, 1.82) is 0 Å². The minimum Gasteiger partial charge on any atom is -0.469 e. The van der Waals surface area contributed by atoms with E-state index in [9.17, 15) is 9.59 Å². The lowest BCUT2D eigenvalue weighted by Gasteiger charge is -2.11. The van der Waals surface area contributed by atoms with Crippen LogP contribution in [0.2, 0.25) is 0 Å². The maximum Gasteiger partial charge on any atom is 0.273 e. The van der Waals surface area contributed by atoms with Crippen molar-refractivity contribution in [1.82, 2.24) is 30.4 Å². The first-order chi connectivity index (χ1) is 12.4. The van der Waals surface area contributed by atoms with Gasteiger partial charge in [-0.05, 0) is 33.1 Å². The molecule has 0 spiro atoms. The molecule has 0 bridgehead atoms. The number of rotatable bonds is 4. The molecule has 0 unspecified atom stereocenters. The van der Waals surface area contributed by atoms with Gasteiger partial charge in [-0.15, -0.1) is 5.10 Å². The van der Waals surface area contributed by atoms with Crippen LogP contribution in [0.4, 0.5) is 0 Å². The summed E-state index contributed by atoms with van der Waals surface area (Å²) in [4.78, 5) is 33.0. The van der Waals surface area contributed by atoms with Gasteiger partial charge in [0, 0.05) is 17.0 Å². The molecular formula is C16H18N6O3S. The molecule has 9 nitrogen and oxygen atoms in total. The summed E-state index contributed by atoms with van der Waals surface area (Å²) in [6.07, 6.45) is 3.36. The number of thioether (sulfide) groups is 1. The van der Waals surface area contributed by atoms with Crippen molar-refractivity contribution in [2.24, 2.45) is 0 Å². The zero-order valence-corrected chi connectivity index (χ0v) is 15.6. The van der Waals surface area contributed by atoms with Crippen molar-refractivity contribution in [3.8, 4) is 0 Å². The lowest BCUT2D eigenvalue weighted by Crippen LogP contribution is -2.42. The molecule has 0 aliphatic heterocycles. The fourth-order valence-corrected chi connectivity index (χ4v) is 2.89. The number of carbonyl (C=O) groups excluding carboxylic acids is 2. The number of hydrogen-bond acceptors (Lipinski definition) is 7. The van der Waals surface area contributed by atoms with E-state index >= 15 is 0 Å². The summed E-state index contributed by atoms with van der Waals surface area (Å²) in [7, 11) is 0. The number of aromatic nitrogens is 4. The molecule has 0 radical (unpaired) electrons. The molecule has 10 heteroatoms. The Morgan fingerprint density at radius 1 is 1.23 bits per heavy atom. The molecular weight excluding hydrogens is 356 g/mol. The Labute approximate surface area is 153 Å². The van der Waals surface area contributed by atoms with Crippen LogP contribution in [0.15, 0.2) is 21.9 Å². The number of hydrogen-bond donors (Lipinski definition) is 2. The van der Waals surface area contributed by atoms with Gasteiger partial charge in [-0.1, -0.05) is 11.8 Å². The summed E-state index contributed by atoms with van der Waals surface area (Å²) >= 11 is 1.42. The van der Waals surface area contributed by atoms with E-state index in [1.807, 2.05) is 20.1 Å². The van der Waals surface area contributed by atoms with Crippen molar-refractivity contribution in [3.63, 3.8) is 0 Å². The first-order valence-electron chi connectivity index (χ1n) is 7.80. The van der Waals surface area contributed by atoms with Crippen molar-refractivity contribution in [2.75, 3.05) is 6.26 Å². The third kappa shape index (κ3) is 3.40. The number of furan rings is 1. The number of nitrogens with zero attached hydrogens (tertiary/aromatic N) is 4. The van der Waals surface area contributed by atoms with Crippen molar-refractivity contribution in [3.05, 3.63) is 40.6 Å². The van der Waals surface area contributed by atoms with E-state index < -0.39 is 5.91 Å². The second-order valence-electron chi connectivity index (χ2n) is 5.64. The third-order valence-electron chi connectivity index (χ3n) is 3.97. The van der Waals surface area contributed by atoms with Gasteiger partial charge in [-0.2, -0.15) is 4.98 Å². The van der Waals surface area contributed by atoms with Crippen molar-refractivity contribution < 1.29 is 14.0 Å². The Hall–Kier alpha value is -2.88. The molecule has 0 aliphatic rings. The summed E-state index contributed by atoms with van der Waals surface area (Å²) in [5, 5.41) is 4.97. The highest BCUT2D eigenvalue weighted by Gasteiger charge is 2.17. The van der Waals surface area contributed by atoms with Gasteiger partial charge in [0.1, 0.15) is 5.76 Å². The second kappa shape index (κ2) is 7.16. The van der Waals surface area contributed by atoms with Crippen LogP contribution in [0, 0.1) is 20.8 Å². The monoisotopic (exact) mass is 374 g/mol. The van der Waals surface area contributed by atoms with Crippen LogP contribution >= 0.6 is 11.8 Å². The quantitative estimate of drug-likeness (QED) is 0.523. The van der Waals surface area contributed by atoms with E-state index in [1.54, 1.807) is 11.4 Å². The highest BCUT2D eigenvalue weighted by Crippen LogP contribution is 2.17. The lowest BCUT2D eigenvalue weighted by atomic mass is 10.1. The SMILES string of the molecule is CSc1nc2nc(C)c(CC(=O)NNC(=O)c3ccoc3C)c(C)n2n1. The first-order valence-corrected chi connectivity index (χ1v) is 9.03. The fraction of sp³-hybridized carbons (Fsp3) is 0.312. The molecule has 0 aromatic carbocycles. The molecule has 0 atom stereocenters. The number of amides is 2. The smallest absolute Gasteiger partial charge is 0.273 e. The van der Waals surface area contributed by atoms with E-state index in [4.69, 9.17) is 4.42 Å². The largest absolute Gasteiger partial charge is 0.469 e. The molecule has 3 heterocycles. The van der Waals surface area contributed by atoms with E-state index in [2.05, 4.69) is 25.9 Å². The number of fused-ring (bicyclic) bond motifs is 1. The highest BCUT2D eigenvalue weighted by atomic mass is 32.2. The molecule has 26 heavy (non-hydrogen) atoms. The van der Waals surface area contributed by atoms with Gasteiger partial charge in [0.2, 0.25) is 11.1 Å². The minimum absolute atomic E-state index is 0.0553. The van der Waals surface area contributed by atoms with Gasteiger partial charge in [0.05, 0.1) is 18.2 Å². The predicted molar refractivity (Wildman–Crippen MR) is 94.8 cm³/mol. The normalized spacial score (nSPS) is 10.9. The average molecular weight is 374 g/mol. The number of nitrogens with one attached hydrogen (secondary N) is 2. The molecule has 0 fully saturated rings. The topological polar surface area (TPSA) is 114 Å². The maximum absolute atomic E-state index is 12.2. The fourth-order valence-electron chi connectivity index (χ4n) is 2.55. The summed E-state index contributed by atoms with van der Waals surface area (Å²) in [6, 6.07) is 1.54. The van der Waals surface area contributed by atoms with E-state index in [0.717, 1.165) is 11.3 Å². The summed E-state index contributed by atoms with van der Waals surface area (Å²) in [5.74, 6) is 0.177. The molecule has 3 aromatic heterocycles. The zero-order valence-electron chi connectivity index (χ0n) is 14.8. The molecule has 3 rings (SSSR count). The third-order valence-corrected chi connectivity index (χ3v) is 4.51. The predicted octanol–water partition coefficient (Wildman–Crippen LogP) is 1.37. The Bertz CT molecular complexity index is 993. The van der Waals surface area contributed by atoms with Crippen LogP contribution < -0.4 is 10.9 Å². The van der Waals surface area contributed by atoms with Gasteiger partial charge in [-0.25, -0.2) is 9.50 Å². The van der Waals surface area contributed by atoms with Crippen LogP contribution in [-0.2, 0) is 11.2 Å². The minimum atomic E-state index is -0.437. The van der Waals surface area contributed by atoms with Crippen LogP contribution in [0.25, 0.3) is 5.78 Å².